The number of hydrogen-bond donors (Lipinski definition) is 3. The Kier molecular flexibility index (Phi) is 5.14. The molecule has 0 aromatic carbocycles. The van der Waals surface area contributed by atoms with Crippen molar-refractivity contribution in [2.24, 2.45) is 5.84 Å². The minimum atomic E-state index is 0.525. The normalized spacial score (nSPS) is 14.7. The molecule has 1 aromatic heterocycles. The highest BCUT2D eigenvalue weighted by atomic mass is 15.3. The van der Waals surface area contributed by atoms with E-state index in [2.05, 4.69) is 39.7 Å². The van der Waals surface area contributed by atoms with Gasteiger partial charge in [0.2, 0.25) is 0 Å². The number of aromatic nitrogens is 2. The van der Waals surface area contributed by atoms with Gasteiger partial charge in [0.1, 0.15) is 17.5 Å². The Morgan fingerprint density at radius 2 is 1.90 bits per heavy atom. The molecule has 1 fully saturated rings. The lowest BCUT2D eigenvalue weighted by Crippen LogP contribution is -2.16. The van der Waals surface area contributed by atoms with Crippen molar-refractivity contribution in [1.29, 1.82) is 0 Å². The van der Waals surface area contributed by atoms with E-state index in [1.807, 2.05) is 6.92 Å². The second kappa shape index (κ2) is 6.85. The van der Waals surface area contributed by atoms with Crippen LogP contribution in [0.25, 0.3) is 0 Å². The van der Waals surface area contributed by atoms with Gasteiger partial charge in [-0.15, -0.1) is 0 Å². The molecule has 0 unspecified atom stereocenters. The number of nitrogens with two attached hydrogens (primary N) is 1. The van der Waals surface area contributed by atoms with E-state index in [-0.39, 0.29) is 0 Å². The predicted molar refractivity (Wildman–Crippen MR) is 82.8 cm³/mol. The highest BCUT2D eigenvalue weighted by Gasteiger charge is 2.28. The first-order valence-electron chi connectivity index (χ1n) is 7.35. The molecule has 0 atom stereocenters. The van der Waals surface area contributed by atoms with E-state index in [9.17, 15) is 0 Å². The van der Waals surface area contributed by atoms with Crippen LogP contribution in [0.2, 0.25) is 0 Å². The van der Waals surface area contributed by atoms with Gasteiger partial charge < -0.3 is 15.6 Å². The fourth-order valence-corrected chi connectivity index (χ4v) is 2.13. The van der Waals surface area contributed by atoms with Gasteiger partial charge >= 0.3 is 0 Å². The van der Waals surface area contributed by atoms with E-state index in [1.54, 1.807) is 0 Å². The van der Waals surface area contributed by atoms with Crippen molar-refractivity contribution in [2.75, 3.05) is 37.9 Å². The smallest absolute Gasteiger partial charge is 0.148 e. The van der Waals surface area contributed by atoms with Crippen LogP contribution in [0.4, 0.5) is 11.6 Å². The summed E-state index contributed by atoms with van der Waals surface area (Å²) in [6.45, 7) is 4.04. The Labute approximate surface area is 121 Å². The predicted octanol–water partition coefficient (Wildman–Crippen LogP) is 1.70. The summed E-state index contributed by atoms with van der Waals surface area (Å²) < 4.78 is 0. The Bertz CT molecular complexity index is 442. The molecule has 0 saturated heterocycles. The molecule has 1 aliphatic carbocycles. The molecule has 0 spiro atoms. The number of unbranched alkanes of at least 4 members (excludes halogenated alkanes) is 1. The molecule has 0 aliphatic heterocycles. The van der Waals surface area contributed by atoms with Crippen LogP contribution in [-0.4, -0.2) is 42.1 Å². The summed E-state index contributed by atoms with van der Waals surface area (Å²) in [5.74, 6) is 8.64. The third-order valence-electron chi connectivity index (χ3n) is 3.57. The van der Waals surface area contributed by atoms with Gasteiger partial charge in [-0.25, -0.2) is 15.8 Å². The minimum Gasteiger partial charge on any atom is -0.370 e. The number of nitrogens with zero attached hydrogens (tertiary/aromatic N) is 3. The zero-order valence-electron chi connectivity index (χ0n) is 12.7. The first-order chi connectivity index (χ1) is 9.61. The number of anilines is 2. The molecule has 0 radical (unpaired) electrons. The Morgan fingerprint density at radius 1 is 1.20 bits per heavy atom. The van der Waals surface area contributed by atoms with Crippen LogP contribution in [-0.2, 0) is 0 Å². The van der Waals surface area contributed by atoms with Crippen molar-refractivity contribution in [3.63, 3.8) is 0 Å². The average Bonchev–Trinajstić information content (AvgIpc) is 3.24. The lowest BCUT2D eigenvalue weighted by atomic mass is 10.2. The fourth-order valence-electron chi connectivity index (χ4n) is 2.13. The zero-order chi connectivity index (χ0) is 14.5. The molecule has 1 heterocycles. The Morgan fingerprint density at radius 3 is 2.50 bits per heavy atom. The summed E-state index contributed by atoms with van der Waals surface area (Å²) >= 11 is 0. The molecule has 0 bridgehead atoms. The monoisotopic (exact) mass is 278 g/mol. The zero-order valence-corrected chi connectivity index (χ0v) is 12.7. The number of hydrazine groups is 1. The first kappa shape index (κ1) is 15.0. The third kappa shape index (κ3) is 4.05. The maximum Gasteiger partial charge on any atom is 0.148 e. The molecule has 2 rings (SSSR count). The van der Waals surface area contributed by atoms with Gasteiger partial charge in [-0.05, 0) is 53.2 Å². The lowest BCUT2D eigenvalue weighted by Gasteiger charge is -2.14. The van der Waals surface area contributed by atoms with E-state index in [1.165, 1.54) is 19.3 Å². The van der Waals surface area contributed by atoms with Crippen LogP contribution in [0.5, 0.6) is 0 Å². The molecule has 6 heteroatoms. The van der Waals surface area contributed by atoms with Crippen molar-refractivity contribution in [2.45, 2.75) is 38.5 Å². The lowest BCUT2D eigenvalue weighted by molar-refractivity contribution is 0.396. The molecule has 1 saturated carbocycles. The fraction of sp³-hybridized carbons (Fsp3) is 0.714. The van der Waals surface area contributed by atoms with Gasteiger partial charge in [0.25, 0.3) is 0 Å². The van der Waals surface area contributed by atoms with E-state index < -0.39 is 0 Å². The van der Waals surface area contributed by atoms with Crippen LogP contribution in [0.15, 0.2) is 0 Å². The summed E-state index contributed by atoms with van der Waals surface area (Å²) in [6.07, 6.45) is 4.69. The van der Waals surface area contributed by atoms with E-state index >= 15 is 0 Å². The third-order valence-corrected chi connectivity index (χ3v) is 3.57. The summed E-state index contributed by atoms with van der Waals surface area (Å²) in [4.78, 5) is 11.3. The second-order valence-electron chi connectivity index (χ2n) is 5.76. The summed E-state index contributed by atoms with van der Waals surface area (Å²) in [7, 11) is 4.20. The number of nitrogen functional groups attached to an aromatic ring is 1. The van der Waals surface area contributed by atoms with Crippen LogP contribution < -0.4 is 16.6 Å². The second-order valence-corrected chi connectivity index (χ2v) is 5.76. The van der Waals surface area contributed by atoms with E-state index in [0.29, 0.717) is 5.92 Å². The number of rotatable bonds is 8. The SMILES string of the molecule is Cc1c(NN)nc(C2CC2)nc1NCCCCN(C)C. The largest absolute Gasteiger partial charge is 0.370 e. The molecule has 1 aromatic rings. The van der Waals surface area contributed by atoms with Gasteiger partial charge in [-0.2, -0.15) is 0 Å². The quantitative estimate of drug-likeness (QED) is 0.381. The van der Waals surface area contributed by atoms with Crippen molar-refractivity contribution in [3.8, 4) is 0 Å². The maximum absolute atomic E-state index is 5.55. The van der Waals surface area contributed by atoms with Crippen LogP contribution >= 0.6 is 0 Å². The maximum atomic E-state index is 5.55. The van der Waals surface area contributed by atoms with Crippen molar-refractivity contribution >= 4 is 11.6 Å². The Hall–Kier alpha value is -1.40. The van der Waals surface area contributed by atoms with Gasteiger partial charge in [0, 0.05) is 18.0 Å². The standard InChI is InChI=1S/C14H26N6/c1-10-12(16-8-4-5-9-20(2)3)17-14(11-6-7-11)18-13(10)19-15/h11H,4-9,15H2,1-3H3,(H2,16,17,18,19). The number of nitrogens with one attached hydrogen (secondary N) is 2. The van der Waals surface area contributed by atoms with Crippen LogP contribution in [0, 0.1) is 6.92 Å². The first-order valence-corrected chi connectivity index (χ1v) is 7.35. The molecule has 1 aliphatic rings. The average molecular weight is 278 g/mol. The van der Waals surface area contributed by atoms with Crippen LogP contribution in [0.1, 0.15) is 43.0 Å². The highest BCUT2D eigenvalue weighted by molar-refractivity contribution is 5.57. The summed E-state index contributed by atoms with van der Waals surface area (Å²) in [5, 5.41) is 3.42. The number of hydrogen-bond acceptors (Lipinski definition) is 6. The van der Waals surface area contributed by atoms with E-state index in [0.717, 1.165) is 42.5 Å². The van der Waals surface area contributed by atoms with Crippen LogP contribution in [0.3, 0.4) is 0 Å². The topological polar surface area (TPSA) is 79.1 Å². The Balaban J connectivity index is 1.93. The highest BCUT2D eigenvalue weighted by Crippen LogP contribution is 2.39. The van der Waals surface area contributed by atoms with Gasteiger partial charge in [0.15, 0.2) is 0 Å². The van der Waals surface area contributed by atoms with Gasteiger partial charge in [-0.1, -0.05) is 0 Å². The summed E-state index contributed by atoms with van der Waals surface area (Å²) in [6, 6.07) is 0. The molecular weight excluding hydrogens is 252 g/mol. The molecule has 112 valence electrons. The van der Waals surface area contributed by atoms with Crippen molar-refractivity contribution < 1.29 is 0 Å². The molecule has 4 N–H and O–H groups in total. The van der Waals surface area contributed by atoms with Crippen molar-refractivity contribution in [1.82, 2.24) is 14.9 Å². The van der Waals surface area contributed by atoms with Gasteiger partial charge in [-0.3, -0.25) is 0 Å². The molecular formula is C14H26N6. The van der Waals surface area contributed by atoms with Gasteiger partial charge in [0.05, 0.1) is 0 Å². The molecule has 0 amide bonds. The van der Waals surface area contributed by atoms with Crippen molar-refractivity contribution in [3.05, 3.63) is 11.4 Å². The molecule has 20 heavy (non-hydrogen) atoms. The molecule has 6 nitrogen and oxygen atoms in total. The minimum absolute atomic E-state index is 0.525. The summed E-state index contributed by atoms with van der Waals surface area (Å²) in [5.41, 5.74) is 3.67. The van der Waals surface area contributed by atoms with E-state index in [4.69, 9.17) is 5.84 Å².